The van der Waals surface area contributed by atoms with Crippen LogP contribution in [0.1, 0.15) is 49.4 Å². The zero-order valence-corrected chi connectivity index (χ0v) is 13.5. The minimum Gasteiger partial charge on any atom is -0.293 e. The van der Waals surface area contributed by atoms with E-state index in [-0.39, 0.29) is 11.8 Å². The number of rotatable bonds is 3. The first-order valence-electron chi connectivity index (χ1n) is 8.19. The lowest BCUT2D eigenvalue weighted by Crippen LogP contribution is -2.48. The summed E-state index contributed by atoms with van der Waals surface area (Å²) in [5.74, 6) is 1.91. The molecule has 3 unspecified atom stereocenters. The van der Waals surface area contributed by atoms with Crippen molar-refractivity contribution in [1.29, 1.82) is 0 Å². The van der Waals surface area contributed by atoms with Gasteiger partial charge in [-0.25, -0.2) is 0 Å². The smallest absolute Gasteiger partial charge is 0.179 e. The van der Waals surface area contributed by atoms with Gasteiger partial charge >= 0.3 is 0 Å². The molecule has 0 radical (unpaired) electrons. The Morgan fingerprint density at radius 1 is 1.24 bits per heavy atom. The van der Waals surface area contributed by atoms with Gasteiger partial charge in [-0.3, -0.25) is 9.69 Å². The molecule has 1 aromatic carbocycles. The molecule has 1 aliphatic heterocycles. The predicted molar refractivity (Wildman–Crippen MR) is 86.9 cm³/mol. The van der Waals surface area contributed by atoms with Crippen LogP contribution in [0.3, 0.4) is 0 Å². The quantitative estimate of drug-likeness (QED) is 0.770. The van der Waals surface area contributed by atoms with E-state index in [4.69, 9.17) is 11.6 Å². The second-order valence-corrected chi connectivity index (χ2v) is 7.08. The van der Waals surface area contributed by atoms with Crippen LogP contribution in [0.15, 0.2) is 24.3 Å². The molecule has 1 saturated carbocycles. The number of carbonyl (C=O) groups is 1. The van der Waals surface area contributed by atoms with Crippen LogP contribution in [0.5, 0.6) is 0 Å². The number of nitrogens with zero attached hydrogens (tertiary/aromatic N) is 1. The van der Waals surface area contributed by atoms with Crippen LogP contribution in [0.4, 0.5) is 0 Å². The molecule has 1 aromatic rings. The summed E-state index contributed by atoms with van der Waals surface area (Å²) in [5.41, 5.74) is 0.737. The van der Waals surface area contributed by atoms with E-state index in [0.29, 0.717) is 5.02 Å². The lowest BCUT2D eigenvalue weighted by molar-refractivity contribution is 0.0518. The van der Waals surface area contributed by atoms with Gasteiger partial charge in [0.05, 0.1) is 6.04 Å². The Hall–Kier alpha value is -0.860. The Morgan fingerprint density at radius 2 is 2.00 bits per heavy atom. The van der Waals surface area contributed by atoms with Gasteiger partial charge < -0.3 is 0 Å². The van der Waals surface area contributed by atoms with E-state index in [2.05, 4.69) is 4.90 Å². The molecule has 0 bridgehead atoms. The van der Waals surface area contributed by atoms with E-state index in [1.54, 1.807) is 6.07 Å². The zero-order chi connectivity index (χ0) is 14.8. The van der Waals surface area contributed by atoms with Crippen molar-refractivity contribution in [1.82, 2.24) is 4.90 Å². The number of fused-ring (bicyclic) bond motifs is 1. The molecule has 3 heteroatoms. The van der Waals surface area contributed by atoms with Gasteiger partial charge in [-0.1, -0.05) is 43.0 Å². The molecule has 1 aliphatic carbocycles. The van der Waals surface area contributed by atoms with Crippen LogP contribution in [0.2, 0.25) is 5.02 Å². The lowest BCUT2D eigenvalue weighted by Gasteiger charge is -2.43. The van der Waals surface area contributed by atoms with E-state index in [1.807, 2.05) is 25.1 Å². The Bertz CT molecular complexity index is 516. The van der Waals surface area contributed by atoms with Gasteiger partial charge in [-0.05, 0) is 50.3 Å². The van der Waals surface area contributed by atoms with Gasteiger partial charge in [0, 0.05) is 17.1 Å². The largest absolute Gasteiger partial charge is 0.293 e. The standard InChI is InChI=1S/C18H24ClNO/c1-13(18(21)15-7-4-8-17(19)11-15)20-10-9-14-5-2-3-6-16(14)12-20/h4,7-8,11,13-14,16H,2-3,5-6,9-10,12H2,1H3. The molecule has 0 aromatic heterocycles. The van der Waals surface area contributed by atoms with E-state index in [1.165, 1.54) is 32.1 Å². The van der Waals surface area contributed by atoms with Gasteiger partial charge in [0.25, 0.3) is 0 Å². The molecule has 2 nitrogen and oxygen atoms in total. The molecule has 0 amide bonds. The van der Waals surface area contributed by atoms with E-state index in [0.717, 1.165) is 30.5 Å². The Labute approximate surface area is 132 Å². The van der Waals surface area contributed by atoms with Crippen molar-refractivity contribution in [2.24, 2.45) is 11.8 Å². The molecule has 0 N–H and O–H groups in total. The van der Waals surface area contributed by atoms with E-state index >= 15 is 0 Å². The predicted octanol–water partition coefficient (Wildman–Crippen LogP) is 4.42. The fraction of sp³-hybridized carbons (Fsp3) is 0.611. The first-order valence-corrected chi connectivity index (χ1v) is 8.57. The van der Waals surface area contributed by atoms with Crippen LogP contribution < -0.4 is 0 Å². The number of hydrogen-bond acceptors (Lipinski definition) is 2. The summed E-state index contributed by atoms with van der Waals surface area (Å²) in [4.78, 5) is 15.0. The van der Waals surface area contributed by atoms with Crippen molar-refractivity contribution >= 4 is 17.4 Å². The Morgan fingerprint density at radius 3 is 2.76 bits per heavy atom. The molecule has 3 rings (SSSR count). The first kappa shape index (κ1) is 15.1. The average Bonchev–Trinajstić information content (AvgIpc) is 2.53. The summed E-state index contributed by atoms with van der Waals surface area (Å²) >= 11 is 6.00. The van der Waals surface area contributed by atoms with Crippen LogP contribution >= 0.6 is 11.6 Å². The summed E-state index contributed by atoms with van der Waals surface area (Å²) in [7, 11) is 0. The van der Waals surface area contributed by atoms with Gasteiger partial charge in [0.1, 0.15) is 0 Å². The number of Topliss-reactive ketones (excluding diaryl/α,β-unsaturated/α-hetero) is 1. The molecule has 2 aliphatic rings. The number of halogens is 1. The fourth-order valence-electron chi connectivity index (χ4n) is 4.03. The topological polar surface area (TPSA) is 20.3 Å². The lowest BCUT2D eigenvalue weighted by atomic mass is 9.75. The number of hydrogen-bond donors (Lipinski definition) is 0. The highest BCUT2D eigenvalue weighted by molar-refractivity contribution is 6.31. The molecular formula is C18H24ClNO. The molecule has 1 saturated heterocycles. The molecule has 2 fully saturated rings. The highest BCUT2D eigenvalue weighted by Gasteiger charge is 2.34. The fourth-order valence-corrected chi connectivity index (χ4v) is 4.22. The minimum atomic E-state index is -0.0358. The van der Waals surface area contributed by atoms with Crippen LogP contribution in [-0.4, -0.2) is 29.8 Å². The Balaban J connectivity index is 1.67. The average molecular weight is 306 g/mol. The SMILES string of the molecule is CC(C(=O)c1cccc(Cl)c1)N1CCC2CCCCC2C1. The summed E-state index contributed by atoms with van der Waals surface area (Å²) < 4.78 is 0. The highest BCUT2D eigenvalue weighted by Crippen LogP contribution is 2.36. The maximum absolute atomic E-state index is 12.7. The van der Waals surface area contributed by atoms with Gasteiger partial charge in [-0.15, -0.1) is 0 Å². The van der Waals surface area contributed by atoms with Crippen molar-refractivity contribution in [3.8, 4) is 0 Å². The van der Waals surface area contributed by atoms with E-state index < -0.39 is 0 Å². The number of ketones is 1. The van der Waals surface area contributed by atoms with Gasteiger partial charge in [0.2, 0.25) is 0 Å². The normalized spacial score (nSPS) is 27.9. The molecule has 114 valence electrons. The van der Waals surface area contributed by atoms with E-state index in [9.17, 15) is 4.79 Å². The van der Waals surface area contributed by atoms with Gasteiger partial charge in [0.15, 0.2) is 5.78 Å². The molecule has 3 atom stereocenters. The molecular weight excluding hydrogens is 282 g/mol. The van der Waals surface area contributed by atoms with Crippen molar-refractivity contribution < 1.29 is 4.79 Å². The first-order chi connectivity index (χ1) is 10.1. The number of piperidine rings is 1. The van der Waals surface area contributed by atoms with Crippen molar-refractivity contribution in [2.45, 2.75) is 45.1 Å². The third-order valence-corrected chi connectivity index (χ3v) is 5.59. The molecule has 1 heterocycles. The summed E-state index contributed by atoms with van der Waals surface area (Å²) in [6.07, 6.45) is 6.77. The maximum atomic E-state index is 12.7. The minimum absolute atomic E-state index is 0.0358. The summed E-state index contributed by atoms with van der Waals surface area (Å²) in [5, 5.41) is 0.638. The Kier molecular flexibility index (Phi) is 4.66. The number of likely N-dealkylation sites (tertiary alicyclic amines) is 1. The highest BCUT2D eigenvalue weighted by atomic mass is 35.5. The van der Waals surface area contributed by atoms with Crippen molar-refractivity contribution in [3.05, 3.63) is 34.9 Å². The van der Waals surface area contributed by atoms with Crippen LogP contribution in [-0.2, 0) is 0 Å². The number of benzene rings is 1. The third kappa shape index (κ3) is 3.32. The van der Waals surface area contributed by atoms with Crippen molar-refractivity contribution in [2.75, 3.05) is 13.1 Å². The third-order valence-electron chi connectivity index (χ3n) is 5.36. The maximum Gasteiger partial charge on any atom is 0.179 e. The van der Waals surface area contributed by atoms with Crippen molar-refractivity contribution in [3.63, 3.8) is 0 Å². The van der Waals surface area contributed by atoms with Gasteiger partial charge in [-0.2, -0.15) is 0 Å². The van der Waals surface area contributed by atoms with Crippen LogP contribution in [0.25, 0.3) is 0 Å². The summed E-state index contributed by atoms with van der Waals surface area (Å²) in [6.45, 7) is 4.21. The second kappa shape index (κ2) is 6.50. The zero-order valence-electron chi connectivity index (χ0n) is 12.7. The number of carbonyl (C=O) groups excluding carboxylic acids is 1. The second-order valence-electron chi connectivity index (χ2n) is 6.64. The monoisotopic (exact) mass is 305 g/mol. The molecule has 0 spiro atoms. The molecule has 21 heavy (non-hydrogen) atoms. The summed E-state index contributed by atoms with van der Waals surface area (Å²) in [6, 6.07) is 7.30. The van der Waals surface area contributed by atoms with Crippen LogP contribution in [0, 0.1) is 11.8 Å².